The van der Waals surface area contributed by atoms with E-state index in [-0.39, 0.29) is 0 Å². The summed E-state index contributed by atoms with van der Waals surface area (Å²) in [6.07, 6.45) is 5.87. The van der Waals surface area contributed by atoms with E-state index in [0.717, 1.165) is 6.54 Å². The van der Waals surface area contributed by atoms with Gasteiger partial charge in [0.15, 0.2) is 0 Å². The van der Waals surface area contributed by atoms with Crippen LogP contribution in [0.1, 0.15) is 26.2 Å². The van der Waals surface area contributed by atoms with Crippen LogP contribution in [0.2, 0.25) is 0 Å². The van der Waals surface area contributed by atoms with E-state index >= 15 is 0 Å². The average Bonchev–Trinajstić information content (AvgIpc) is 2.34. The Hall–Kier alpha value is -0.430. The molecular weight excluding hydrogens is 158 g/mol. The highest BCUT2D eigenvalue weighted by atomic mass is 35.5. The molecule has 0 unspecified atom stereocenters. The zero-order valence-corrected chi connectivity index (χ0v) is 7.49. The van der Waals surface area contributed by atoms with Gasteiger partial charge in [-0.3, -0.25) is 4.42 Å². The first-order valence-corrected chi connectivity index (χ1v) is 4.43. The van der Waals surface area contributed by atoms with Crippen LogP contribution in [0.3, 0.4) is 0 Å². The van der Waals surface area contributed by atoms with E-state index in [0.29, 0.717) is 0 Å². The maximum Gasteiger partial charge on any atom is 0.0558 e. The van der Waals surface area contributed by atoms with E-state index in [1.165, 1.54) is 24.8 Å². The molecule has 0 amide bonds. The molecule has 1 aliphatic carbocycles. The highest BCUT2D eigenvalue weighted by molar-refractivity contribution is 6.14. The third-order valence-electron chi connectivity index (χ3n) is 2.48. The van der Waals surface area contributed by atoms with Crippen molar-refractivity contribution in [3.05, 3.63) is 22.9 Å². The van der Waals surface area contributed by atoms with E-state index in [4.69, 9.17) is 11.8 Å². The highest BCUT2D eigenvalue weighted by Gasteiger charge is 2.20. The van der Waals surface area contributed by atoms with Crippen LogP contribution in [0.5, 0.6) is 0 Å². The van der Waals surface area contributed by atoms with Crippen LogP contribution in [0, 0.1) is 0 Å². The Morgan fingerprint density at radius 1 is 1.45 bits per heavy atom. The van der Waals surface area contributed by atoms with Gasteiger partial charge >= 0.3 is 0 Å². The zero-order chi connectivity index (χ0) is 7.84. The molecule has 0 aromatic carbocycles. The minimum Gasteiger partial charge on any atom is -0.288 e. The molecule has 0 aromatic rings. The quantitative estimate of drug-likeness (QED) is 0.504. The Kier molecular flexibility index (Phi) is 1.68. The molecule has 0 saturated carbocycles. The minimum absolute atomic E-state index is 0.939. The second-order valence-corrected chi connectivity index (χ2v) is 3.74. The third kappa shape index (κ3) is 1.18. The monoisotopic (exact) mass is 169 g/mol. The van der Waals surface area contributed by atoms with Crippen LogP contribution in [0.25, 0.3) is 0 Å². The summed E-state index contributed by atoms with van der Waals surface area (Å²) in [6.45, 7) is 3.09. The number of halogens is 1. The predicted molar refractivity (Wildman–Crippen MR) is 47.2 cm³/mol. The van der Waals surface area contributed by atoms with E-state index < -0.39 is 0 Å². The number of rotatable bonds is 0. The summed E-state index contributed by atoms with van der Waals surface area (Å²) < 4.78 is 1.76. The lowest BCUT2D eigenvalue weighted by atomic mass is 10.0. The predicted octanol–water partition coefficient (Wildman–Crippen LogP) is 2.84. The Morgan fingerprint density at radius 2 is 2.27 bits per heavy atom. The summed E-state index contributed by atoms with van der Waals surface area (Å²) in [4.78, 5) is 0. The fraction of sp³-hybridized carbons (Fsp3) is 0.556. The van der Waals surface area contributed by atoms with Gasteiger partial charge in [0, 0.05) is 18.0 Å². The molecule has 1 heterocycles. The molecule has 11 heavy (non-hydrogen) atoms. The molecule has 0 bridgehead atoms. The van der Waals surface area contributed by atoms with Gasteiger partial charge in [0.2, 0.25) is 0 Å². The Bertz CT molecular complexity index is 240. The lowest BCUT2D eigenvalue weighted by Gasteiger charge is -2.20. The second kappa shape index (κ2) is 2.56. The van der Waals surface area contributed by atoms with Crippen molar-refractivity contribution in [2.24, 2.45) is 0 Å². The van der Waals surface area contributed by atoms with E-state index in [1.807, 2.05) is 6.20 Å². The van der Waals surface area contributed by atoms with Gasteiger partial charge in [0.1, 0.15) is 0 Å². The molecule has 2 rings (SSSR count). The summed E-state index contributed by atoms with van der Waals surface area (Å²) in [5, 5.41) is 0. The summed E-state index contributed by atoms with van der Waals surface area (Å²) in [7, 11) is 0. The molecule has 60 valence electrons. The molecule has 0 spiro atoms. The lowest BCUT2D eigenvalue weighted by molar-refractivity contribution is 0.627. The molecule has 0 atom stereocenters. The normalized spacial score (nSPS) is 23.8. The van der Waals surface area contributed by atoms with Crippen LogP contribution in [-0.2, 0) is 0 Å². The molecule has 0 aromatic heterocycles. The van der Waals surface area contributed by atoms with Gasteiger partial charge in [-0.1, -0.05) is 0 Å². The zero-order valence-electron chi connectivity index (χ0n) is 6.73. The van der Waals surface area contributed by atoms with Gasteiger partial charge < -0.3 is 0 Å². The van der Waals surface area contributed by atoms with Crippen molar-refractivity contribution in [3.8, 4) is 0 Å². The van der Waals surface area contributed by atoms with Crippen molar-refractivity contribution in [3.63, 3.8) is 0 Å². The lowest BCUT2D eigenvalue weighted by Crippen LogP contribution is -2.13. The fourth-order valence-electron chi connectivity index (χ4n) is 1.97. The van der Waals surface area contributed by atoms with E-state index in [1.54, 1.807) is 15.6 Å². The Morgan fingerprint density at radius 3 is 3.09 bits per heavy atom. The van der Waals surface area contributed by atoms with Gasteiger partial charge in [-0.05, 0) is 42.9 Å². The van der Waals surface area contributed by atoms with Crippen LogP contribution < -0.4 is 0 Å². The van der Waals surface area contributed by atoms with E-state index in [9.17, 15) is 0 Å². The van der Waals surface area contributed by atoms with Crippen molar-refractivity contribution < 1.29 is 0 Å². The van der Waals surface area contributed by atoms with Crippen molar-refractivity contribution in [1.29, 1.82) is 0 Å². The molecule has 0 radical (unpaired) electrons. The summed E-state index contributed by atoms with van der Waals surface area (Å²) in [5.74, 6) is 0. The van der Waals surface area contributed by atoms with Crippen molar-refractivity contribution in [2.45, 2.75) is 26.2 Å². The van der Waals surface area contributed by atoms with Gasteiger partial charge in [-0.15, -0.1) is 0 Å². The standard InChI is InChI=1S/C9H12ClN/c1-7-5-11(10)6-8-3-2-4-9(7)8/h5H,2-4,6H2,1H3. The Labute approximate surface area is 72.4 Å². The number of nitrogens with zero attached hydrogens (tertiary/aromatic N) is 1. The van der Waals surface area contributed by atoms with Crippen LogP contribution in [-0.4, -0.2) is 11.0 Å². The largest absolute Gasteiger partial charge is 0.288 e. The van der Waals surface area contributed by atoms with Gasteiger partial charge in [0.05, 0.1) is 6.54 Å². The number of allylic oxidation sites excluding steroid dienone is 2. The molecular formula is C9H12ClN. The molecule has 2 aliphatic rings. The third-order valence-corrected chi connectivity index (χ3v) is 2.70. The van der Waals surface area contributed by atoms with E-state index in [2.05, 4.69) is 6.92 Å². The van der Waals surface area contributed by atoms with Gasteiger partial charge in [0.25, 0.3) is 0 Å². The minimum atomic E-state index is 0.939. The number of hydrogen-bond acceptors (Lipinski definition) is 1. The first kappa shape index (κ1) is 7.23. The van der Waals surface area contributed by atoms with Crippen molar-refractivity contribution in [1.82, 2.24) is 4.42 Å². The van der Waals surface area contributed by atoms with Crippen molar-refractivity contribution >= 4 is 11.8 Å². The fourth-order valence-corrected chi connectivity index (χ4v) is 2.26. The molecule has 1 aliphatic heterocycles. The van der Waals surface area contributed by atoms with Crippen LogP contribution >= 0.6 is 11.8 Å². The average molecular weight is 170 g/mol. The first-order chi connectivity index (χ1) is 5.27. The maximum absolute atomic E-state index is 5.90. The molecule has 1 nitrogen and oxygen atoms in total. The van der Waals surface area contributed by atoms with Gasteiger partial charge in [-0.2, -0.15) is 0 Å². The Balaban J connectivity index is 2.31. The van der Waals surface area contributed by atoms with Crippen molar-refractivity contribution in [2.75, 3.05) is 6.54 Å². The number of hydrogen-bond donors (Lipinski definition) is 0. The summed E-state index contributed by atoms with van der Waals surface area (Å²) >= 11 is 5.90. The second-order valence-electron chi connectivity index (χ2n) is 3.31. The SMILES string of the molecule is CC1=CN(Cl)CC2=C1CCC2. The molecule has 0 saturated heterocycles. The summed E-state index contributed by atoms with van der Waals surface area (Å²) in [5.41, 5.74) is 4.49. The maximum atomic E-state index is 5.90. The molecule has 0 N–H and O–H groups in total. The van der Waals surface area contributed by atoms with Gasteiger partial charge in [-0.25, -0.2) is 0 Å². The summed E-state index contributed by atoms with van der Waals surface area (Å²) in [6, 6.07) is 0. The molecule has 2 heteroatoms. The first-order valence-electron chi connectivity index (χ1n) is 4.09. The van der Waals surface area contributed by atoms with Crippen LogP contribution in [0.15, 0.2) is 22.9 Å². The van der Waals surface area contributed by atoms with Crippen LogP contribution in [0.4, 0.5) is 0 Å². The molecule has 0 fully saturated rings. The highest BCUT2D eigenvalue weighted by Crippen LogP contribution is 2.35. The topological polar surface area (TPSA) is 3.24 Å². The smallest absolute Gasteiger partial charge is 0.0558 e.